The number of rotatable bonds is 2. The maximum absolute atomic E-state index is 12.3. The Kier molecular flexibility index (Phi) is 3.66. The summed E-state index contributed by atoms with van der Waals surface area (Å²) in [6.07, 6.45) is 4.80. The predicted molar refractivity (Wildman–Crippen MR) is 77.9 cm³/mol. The standard InChI is InChI=1S/C16H22N2O2/c1-11-10-12(5-6-15(11)19)16(20)17-13-7-9-18-8-3-2-4-14(13)18/h5-6,10,13-14,19H,2-4,7-9H2,1H3,(H,17,20). The average molecular weight is 274 g/mol. The van der Waals surface area contributed by atoms with Gasteiger partial charge in [0.25, 0.3) is 5.91 Å². The molecule has 0 aromatic heterocycles. The Morgan fingerprint density at radius 3 is 2.95 bits per heavy atom. The Bertz CT molecular complexity index is 515. The van der Waals surface area contributed by atoms with Gasteiger partial charge in [0.2, 0.25) is 0 Å². The summed E-state index contributed by atoms with van der Waals surface area (Å²) in [7, 11) is 0. The van der Waals surface area contributed by atoms with E-state index in [1.165, 1.54) is 25.8 Å². The Balaban J connectivity index is 1.68. The number of nitrogens with zero attached hydrogens (tertiary/aromatic N) is 1. The highest BCUT2D eigenvalue weighted by Gasteiger charge is 2.36. The van der Waals surface area contributed by atoms with Crippen molar-refractivity contribution in [2.45, 2.75) is 44.7 Å². The van der Waals surface area contributed by atoms with Crippen LogP contribution in [0.4, 0.5) is 0 Å². The lowest BCUT2D eigenvalue weighted by Gasteiger charge is -2.32. The fraction of sp³-hybridized carbons (Fsp3) is 0.562. The summed E-state index contributed by atoms with van der Waals surface area (Å²) in [5, 5.41) is 12.7. The number of fused-ring (bicyclic) bond motifs is 1. The quantitative estimate of drug-likeness (QED) is 0.868. The normalized spacial score (nSPS) is 26.2. The van der Waals surface area contributed by atoms with Gasteiger partial charge in [-0.25, -0.2) is 0 Å². The first-order valence-corrected chi connectivity index (χ1v) is 7.49. The van der Waals surface area contributed by atoms with Gasteiger partial charge in [-0.2, -0.15) is 0 Å². The van der Waals surface area contributed by atoms with Crippen LogP contribution in [0.25, 0.3) is 0 Å². The molecule has 2 aliphatic heterocycles. The van der Waals surface area contributed by atoms with Crippen LogP contribution in [0, 0.1) is 6.92 Å². The molecule has 0 radical (unpaired) electrons. The van der Waals surface area contributed by atoms with Crippen molar-refractivity contribution < 1.29 is 9.90 Å². The highest BCUT2D eigenvalue weighted by molar-refractivity contribution is 5.94. The molecule has 0 spiro atoms. The van der Waals surface area contributed by atoms with Crippen LogP contribution in [-0.4, -0.2) is 41.1 Å². The van der Waals surface area contributed by atoms with Gasteiger partial charge in [-0.1, -0.05) is 6.42 Å². The molecule has 2 fully saturated rings. The fourth-order valence-electron chi connectivity index (χ4n) is 3.46. The first kappa shape index (κ1) is 13.4. The molecule has 4 heteroatoms. The van der Waals surface area contributed by atoms with Gasteiger partial charge in [-0.15, -0.1) is 0 Å². The number of amides is 1. The van der Waals surface area contributed by atoms with E-state index in [9.17, 15) is 9.90 Å². The van der Waals surface area contributed by atoms with E-state index in [-0.39, 0.29) is 17.7 Å². The minimum atomic E-state index is -0.0227. The highest BCUT2D eigenvalue weighted by Crippen LogP contribution is 2.27. The van der Waals surface area contributed by atoms with Gasteiger partial charge in [0.1, 0.15) is 5.75 Å². The molecule has 108 valence electrons. The molecule has 0 bridgehead atoms. The third kappa shape index (κ3) is 2.52. The van der Waals surface area contributed by atoms with Crippen molar-refractivity contribution in [3.8, 4) is 5.75 Å². The van der Waals surface area contributed by atoms with Crippen molar-refractivity contribution in [1.82, 2.24) is 10.2 Å². The van der Waals surface area contributed by atoms with Gasteiger partial charge in [0.05, 0.1) is 0 Å². The first-order valence-electron chi connectivity index (χ1n) is 7.49. The number of hydrogen-bond acceptors (Lipinski definition) is 3. The van der Waals surface area contributed by atoms with E-state index in [1.807, 2.05) is 6.92 Å². The molecular weight excluding hydrogens is 252 g/mol. The van der Waals surface area contributed by atoms with Crippen molar-refractivity contribution in [3.63, 3.8) is 0 Å². The van der Waals surface area contributed by atoms with Crippen molar-refractivity contribution in [1.29, 1.82) is 0 Å². The van der Waals surface area contributed by atoms with Crippen LogP contribution in [-0.2, 0) is 0 Å². The van der Waals surface area contributed by atoms with E-state index in [0.717, 1.165) is 18.5 Å². The zero-order chi connectivity index (χ0) is 14.1. The molecule has 3 rings (SSSR count). The molecule has 2 unspecified atom stereocenters. The summed E-state index contributed by atoms with van der Waals surface area (Å²) in [6.45, 7) is 4.09. The number of aryl methyl sites for hydroxylation is 1. The lowest BCUT2D eigenvalue weighted by Crippen LogP contribution is -2.46. The van der Waals surface area contributed by atoms with E-state index < -0.39 is 0 Å². The van der Waals surface area contributed by atoms with E-state index in [4.69, 9.17) is 0 Å². The summed E-state index contributed by atoms with van der Waals surface area (Å²) >= 11 is 0. The molecule has 0 aliphatic carbocycles. The molecule has 0 saturated carbocycles. The van der Waals surface area contributed by atoms with E-state index in [1.54, 1.807) is 18.2 Å². The lowest BCUT2D eigenvalue weighted by molar-refractivity contribution is 0.0915. The van der Waals surface area contributed by atoms with Gasteiger partial charge in [0.15, 0.2) is 0 Å². The van der Waals surface area contributed by atoms with Gasteiger partial charge in [0, 0.05) is 24.2 Å². The van der Waals surface area contributed by atoms with Gasteiger partial charge >= 0.3 is 0 Å². The van der Waals surface area contributed by atoms with Crippen LogP contribution in [0.15, 0.2) is 18.2 Å². The molecule has 2 saturated heterocycles. The van der Waals surface area contributed by atoms with Crippen LogP contribution >= 0.6 is 0 Å². The van der Waals surface area contributed by atoms with E-state index >= 15 is 0 Å². The van der Waals surface area contributed by atoms with Crippen molar-refractivity contribution >= 4 is 5.91 Å². The average Bonchev–Trinajstić information content (AvgIpc) is 2.85. The summed E-state index contributed by atoms with van der Waals surface area (Å²) in [5.74, 6) is 0.214. The number of aromatic hydroxyl groups is 1. The molecular formula is C16H22N2O2. The van der Waals surface area contributed by atoms with Crippen LogP contribution in [0.1, 0.15) is 41.6 Å². The SMILES string of the molecule is Cc1cc(C(=O)NC2CCN3CCCCC23)ccc1O. The number of phenols is 1. The number of benzene rings is 1. The molecule has 1 amide bonds. The minimum Gasteiger partial charge on any atom is -0.508 e. The zero-order valence-corrected chi connectivity index (χ0v) is 11.9. The second kappa shape index (κ2) is 5.44. The third-order valence-electron chi connectivity index (χ3n) is 4.63. The molecule has 2 N–H and O–H groups in total. The summed E-state index contributed by atoms with van der Waals surface area (Å²) < 4.78 is 0. The molecule has 20 heavy (non-hydrogen) atoms. The van der Waals surface area contributed by atoms with Crippen LogP contribution in [0.5, 0.6) is 5.75 Å². The largest absolute Gasteiger partial charge is 0.508 e. The maximum atomic E-state index is 12.3. The second-order valence-corrected chi connectivity index (χ2v) is 5.97. The van der Waals surface area contributed by atoms with Gasteiger partial charge in [-0.05, 0) is 56.5 Å². The predicted octanol–water partition coefficient (Wildman–Crippen LogP) is 2.06. The number of phenolic OH excluding ortho intramolecular Hbond substituents is 1. The van der Waals surface area contributed by atoms with Gasteiger partial charge in [-0.3, -0.25) is 9.69 Å². The topological polar surface area (TPSA) is 52.6 Å². The monoisotopic (exact) mass is 274 g/mol. The molecule has 2 atom stereocenters. The first-order chi connectivity index (χ1) is 9.65. The summed E-state index contributed by atoms with van der Waals surface area (Å²) in [4.78, 5) is 14.8. The molecule has 2 heterocycles. The molecule has 4 nitrogen and oxygen atoms in total. The Labute approximate surface area is 119 Å². The molecule has 1 aromatic carbocycles. The number of carbonyl (C=O) groups is 1. The zero-order valence-electron chi connectivity index (χ0n) is 11.9. The number of nitrogens with one attached hydrogen (secondary N) is 1. The Morgan fingerprint density at radius 1 is 1.30 bits per heavy atom. The van der Waals surface area contributed by atoms with E-state index in [0.29, 0.717) is 11.6 Å². The number of hydrogen-bond donors (Lipinski definition) is 2. The van der Waals surface area contributed by atoms with Crippen molar-refractivity contribution in [2.24, 2.45) is 0 Å². The lowest BCUT2D eigenvalue weighted by atomic mass is 9.98. The van der Waals surface area contributed by atoms with E-state index in [2.05, 4.69) is 10.2 Å². The Morgan fingerprint density at radius 2 is 2.15 bits per heavy atom. The third-order valence-corrected chi connectivity index (χ3v) is 4.63. The van der Waals surface area contributed by atoms with Crippen molar-refractivity contribution in [2.75, 3.05) is 13.1 Å². The van der Waals surface area contributed by atoms with Gasteiger partial charge < -0.3 is 10.4 Å². The maximum Gasteiger partial charge on any atom is 0.251 e. The summed E-state index contributed by atoms with van der Waals surface area (Å²) in [5.41, 5.74) is 1.37. The number of piperidine rings is 1. The summed E-state index contributed by atoms with van der Waals surface area (Å²) in [6, 6.07) is 5.82. The fourth-order valence-corrected chi connectivity index (χ4v) is 3.46. The smallest absolute Gasteiger partial charge is 0.251 e. The van der Waals surface area contributed by atoms with Crippen LogP contribution < -0.4 is 5.32 Å². The highest BCUT2D eigenvalue weighted by atomic mass is 16.3. The van der Waals surface area contributed by atoms with Crippen LogP contribution in [0.3, 0.4) is 0 Å². The molecule has 2 aliphatic rings. The van der Waals surface area contributed by atoms with Crippen molar-refractivity contribution in [3.05, 3.63) is 29.3 Å². The van der Waals surface area contributed by atoms with Crippen LogP contribution in [0.2, 0.25) is 0 Å². The molecule has 1 aromatic rings. The second-order valence-electron chi connectivity index (χ2n) is 5.97. The minimum absolute atomic E-state index is 0.0227. The Hall–Kier alpha value is -1.55. The number of carbonyl (C=O) groups excluding carboxylic acids is 1.